The first-order valence-corrected chi connectivity index (χ1v) is 10.5. The number of aromatic amines is 1. The summed E-state index contributed by atoms with van der Waals surface area (Å²) in [6, 6.07) is 16.4. The number of rotatable bonds is 7. The van der Waals surface area contributed by atoms with Crippen LogP contribution in [0.15, 0.2) is 59.4 Å². The van der Waals surface area contributed by atoms with Crippen molar-refractivity contribution in [2.75, 3.05) is 38.7 Å². The number of carbonyl (C=O) groups is 1. The molecule has 0 aliphatic carbocycles. The molecule has 3 aromatic rings. The van der Waals surface area contributed by atoms with Crippen molar-refractivity contribution < 1.29 is 14.3 Å². The standard InChI is InChI=1S/C24H26N4O4/c1-31-20-8-4-17(5-9-20)14-22-26-21(15-23(29)27-22)24(30)25-19-6-2-18(3-7-19)16-28-10-12-32-13-11-28/h2-9,15H,10-14,16H2,1H3,(H,25,30)(H,26,27,29). The van der Waals surface area contributed by atoms with E-state index in [4.69, 9.17) is 9.47 Å². The largest absolute Gasteiger partial charge is 0.497 e. The zero-order valence-electron chi connectivity index (χ0n) is 18.0. The van der Waals surface area contributed by atoms with Crippen molar-refractivity contribution in [2.45, 2.75) is 13.0 Å². The van der Waals surface area contributed by atoms with E-state index < -0.39 is 5.91 Å². The van der Waals surface area contributed by atoms with Gasteiger partial charge in [-0.05, 0) is 35.4 Å². The minimum absolute atomic E-state index is 0.0784. The Morgan fingerprint density at radius 2 is 1.78 bits per heavy atom. The van der Waals surface area contributed by atoms with E-state index in [1.807, 2.05) is 48.5 Å². The van der Waals surface area contributed by atoms with E-state index in [1.54, 1.807) is 7.11 Å². The molecule has 0 unspecified atom stereocenters. The first-order valence-electron chi connectivity index (χ1n) is 10.5. The fourth-order valence-electron chi connectivity index (χ4n) is 3.55. The molecule has 0 saturated carbocycles. The third-order valence-corrected chi connectivity index (χ3v) is 5.28. The molecule has 1 aliphatic rings. The van der Waals surface area contributed by atoms with Gasteiger partial charge in [-0.1, -0.05) is 24.3 Å². The van der Waals surface area contributed by atoms with Gasteiger partial charge in [0.15, 0.2) is 0 Å². The Kier molecular flexibility index (Phi) is 6.94. The minimum Gasteiger partial charge on any atom is -0.497 e. The van der Waals surface area contributed by atoms with Gasteiger partial charge in [0.2, 0.25) is 0 Å². The number of ether oxygens (including phenoxy) is 2. The molecule has 8 nitrogen and oxygen atoms in total. The maximum absolute atomic E-state index is 12.7. The van der Waals surface area contributed by atoms with E-state index in [0.29, 0.717) is 17.9 Å². The molecular formula is C24H26N4O4. The summed E-state index contributed by atoms with van der Waals surface area (Å²) in [7, 11) is 1.60. The average molecular weight is 434 g/mol. The molecule has 0 radical (unpaired) electrons. The lowest BCUT2D eigenvalue weighted by Gasteiger charge is -2.26. The quantitative estimate of drug-likeness (QED) is 0.593. The first-order chi connectivity index (χ1) is 15.6. The summed E-state index contributed by atoms with van der Waals surface area (Å²) >= 11 is 0. The van der Waals surface area contributed by atoms with E-state index in [1.165, 1.54) is 11.6 Å². The third kappa shape index (κ3) is 5.81. The highest BCUT2D eigenvalue weighted by molar-refractivity contribution is 6.02. The Morgan fingerprint density at radius 3 is 2.47 bits per heavy atom. The predicted octanol–water partition coefficient (Wildman–Crippen LogP) is 2.45. The number of aromatic nitrogens is 2. The fraction of sp³-hybridized carbons (Fsp3) is 0.292. The van der Waals surface area contributed by atoms with E-state index in [2.05, 4.69) is 20.2 Å². The summed E-state index contributed by atoms with van der Waals surface area (Å²) in [5.41, 5.74) is 2.48. The van der Waals surface area contributed by atoms with Gasteiger partial charge in [0, 0.05) is 37.8 Å². The van der Waals surface area contributed by atoms with Crippen molar-refractivity contribution in [3.63, 3.8) is 0 Å². The summed E-state index contributed by atoms with van der Waals surface area (Å²) in [5, 5.41) is 2.82. The molecule has 32 heavy (non-hydrogen) atoms. The Hall–Kier alpha value is -3.49. The first kappa shape index (κ1) is 21.7. The second kappa shape index (κ2) is 10.2. The Labute approximate surface area is 186 Å². The van der Waals surface area contributed by atoms with Gasteiger partial charge < -0.3 is 19.8 Å². The van der Waals surface area contributed by atoms with Gasteiger partial charge in [0.1, 0.15) is 17.3 Å². The molecule has 2 aromatic carbocycles. The average Bonchev–Trinajstić information content (AvgIpc) is 2.81. The smallest absolute Gasteiger partial charge is 0.274 e. The molecule has 0 atom stereocenters. The van der Waals surface area contributed by atoms with E-state index in [0.717, 1.165) is 44.2 Å². The Balaban J connectivity index is 1.40. The predicted molar refractivity (Wildman–Crippen MR) is 121 cm³/mol. The number of hydrogen-bond donors (Lipinski definition) is 2. The highest BCUT2D eigenvalue weighted by Gasteiger charge is 2.13. The Morgan fingerprint density at radius 1 is 1.09 bits per heavy atom. The van der Waals surface area contributed by atoms with Crippen molar-refractivity contribution in [1.29, 1.82) is 0 Å². The number of carbonyl (C=O) groups excluding carboxylic acids is 1. The van der Waals surface area contributed by atoms with Crippen LogP contribution in [0.2, 0.25) is 0 Å². The maximum Gasteiger partial charge on any atom is 0.274 e. The van der Waals surface area contributed by atoms with Gasteiger partial charge in [-0.15, -0.1) is 0 Å². The molecule has 0 spiro atoms. The molecule has 1 amide bonds. The van der Waals surface area contributed by atoms with Gasteiger partial charge >= 0.3 is 0 Å². The van der Waals surface area contributed by atoms with E-state index in [9.17, 15) is 9.59 Å². The van der Waals surface area contributed by atoms with Crippen LogP contribution in [0.25, 0.3) is 0 Å². The molecule has 1 aromatic heterocycles. The summed E-state index contributed by atoms with van der Waals surface area (Å²) < 4.78 is 10.5. The van der Waals surface area contributed by atoms with Crippen molar-refractivity contribution in [3.05, 3.63) is 87.6 Å². The van der Waals surface area contributed by atoms with Crippen molar-refractivity contribution >= 4 is 11.6 Å². The number of nitrogens with zero attached hydrogens (tertiary/aromatic N) is 2. The Bertz CT molecular complexity index is 1100. The van der Waals surface area contributed by atoms with Crippen molar-refractivity contribution in [1.82, 2.24) is 14.9 Å². The summed E-state index contributed by atoms with van der Waals surface area (Å²) in [4.78, 5) is 34.2. The molecule has 0 bridgehead atoms. The van der Waals surface area contributed by atoms with Crippen LogP contribution in [-0.4, -0.2) is 54.2 Å². The second-order valence-electron chi connectivity index (χ2n) is 7.64. The highest BCUT2D eigenvalue weighted by atomic mass is 16.5. The van der Waals surface area contributed by atoms with Crippen LogP contribution in [0.4, 0.5) is 5.69 Å². The number of hydrogen-bond acceptors (Lipinski definition) is 6. The zero-order chi connectivity index (χ0) is 22.3. The van der Waals surface area contributed by atoms with Crippen LogP contribution >= 0.6 is 0 Å². The number of H-pyrrole nitrogens is 1. The maximum atomic E-state index is 12.7. The number of morpholine rings is 1. The number of anilines is 1. The molecule has 2 heterocycles. The van der Waals surface area contributed by atoms with Gasteiger partial charge in [-0.2, -0.15) is 0 Å². The highest BCUT2D eigenvalue weighted by Crippen LogP contribution is 2.15. The second-order valence-corrected chi connectivity index (χ2v) is 7.64. The van der Waals surface area contributed by atoms with Crippen molar-refractivity contribution in [3.8, 4) is 5.75 Å². The van der Waals surface area contributed by atoms with Crippen LogP contribution in [-0.2, 0) is 17.7 Å². The topological polar surface area (TPSA) is 96.5 Å². The fourth-order valence-corrected chi connectivity index (χ4v) is 3.55. The normalized spacial score (nSPS) is 14.2. The van der Waals surface area contributed by atoms with Crippen LogP contribution < -0.4 is 15.6 Å². The lowest BCUT2D eigenvalue weighted by molar-refractivity contribution is 0.0342. The number of nitrogens with one attached hydrogen (secondary N) is 2. The van der Waals surface area contributed by atoms with Gasteiger partial charge in [0.05, 0.1) is 20.3 Å². The van der Waals surface area contributed by atoms with E-state index >= 15 is 0 Å². The molecular weight excluding hydrogens is 408 g/mol. The number of amides is 1. The molecule has 8 heteroatoms. The van der Waals surface area contributed by atoms with Crippen LogP contribution in [0.3, 0.4) is 0 Å². The van der Waals surface area contributed by atoms with Crippen LogP contribution in [0.1, 0.15) is 27.4 Å². The van der Waals surface area contributed by atoms with Crippen LogP contribution in [0.5, 0.6) is 5.75 Å². The van der Waals surface area contributed by atoms with Gasteiger partial charge in [0.25, 0.3) is 11.5 Å². The lowest BCUT2D eigenvalue weighted by atomic mass is 10.1. The van der Waals surface area contributed by atoms with E-state index in [-0.39, 0.29) is 11.3 Å². The summed E-state index contributed by atoms with van der Waals surface area (Å²) in [6.45, 7) is 4.22. The summed E-state index contributed by atoms with van der Waals surface area (Å²) in [6.07, 6.45) is 0.399. The number of benzene rings is 2. The minimum atomic E-state index is -0.423. The SMILES string of the molecule is COc1ccc(Cc2nc(C(=O)Nc3ccc(CN4CCOCC4)cc3)cc(=O)[nH]2)cc1. The molecule has 1 aliphatic heterocycles. The molecule has 166 valence electrons. The number of methoxy groups -OCH3 is 1. The molecule has 2 N–H and O–H groups in total. The molecule has 1 fully saturated rings. The van der Waals surface area contributed by atoms with Crippen LogP contribution in [0, 0.1) is 0 Å². The van der Waals surface area contributed by atoms with Gasteiger partial charge in [-0.3, -0.25) is 14.5 Å². The monoisotopic (exact) mass is 434 g/mol. The van der Waals surface area contributed by atoms with Crippen molar-refractivity contribution in [2.24, 2.45) is 0 Å². The zero-order valence-corrected chi connectivity index (χ0v) is 18.0. The molecule has 4 rings (SSSR count). The van der Waals surface area contributed by atoms with Gasteiger partial charge in [-0.25, -0.2) is 4.98 Å². The lowest BCUT2D eigenvalue weighted by Crippen LogP contribution is -2.35. The third-order valence-electron chi connectivity index (χ3n) is 5.28. The summed E-state index contributed by atoms with van der Waals surface area (Å²) in [5.74, 6) is 0.751. The molecule has 1 saturated heterocycles.